The molecule has 0 bridgehead atoms. The number of ether oxygens (including phenoxy) is 1. The first-order valence-electron chi connectivity index (χ1n) is 9.24. The lowest BCUT2D eigenvalue weighted by Crippen LogP contribution is -2.24. The molecule has 3 rings (SSSR count). The molecule has 30 heavy (non-hydrogen) atoms. The third-order valence-electron chi connectivity index (χ3n) is 4.23. The largest absolute Gasteiger partial charge is 0.465 e. The molecule has 0 atom stereocenters. The standard InChI is InChI=1S/C21H20BrN3O4S/c1-3-9-25-19(27)16-11-14(22)7-8-17(16)24-21(25)30-12-18(26)23-15-6-4-5-13(10-15)20(28)29-2/h4-8,10-11H,3,9,12H2,1-2H3,(H,23,26). The molecule has 9 heteroatoms. The van der Waals surface area contributed by atoms with Crippen LogP contribution in [-0.4, -0.2) is 34.3 Å². The van der Waals surface area contributed by atoms with Crippen molar-refractivity contribution < 1.29 is 14.3 Å². The summed E-state index contributed by atoms with van der Waals surface area (Å²) in [6.45, 7) is 2.49. The predicted octanol–water partition coefficient (Wildman–Crippen LogP) is 4.09. The molecule has 0 saturated carbocycles. The van der Waals surface area contributed by atoms with Gasteiger partial charge in [0, 0.05) is 16.7 Å². The molecule has 0 unspecified atom stereocenters. The van der Waals surface area contributed by atoms with Crippen LogP contribution in [0.4, 0.5) is 5.69 Å². The van der Waals surface area contributed by atoms with E-state index < -0.39 is 5.97 Å². The number of thioether (sulfide) groups is 1. The van der Waals surface area contributed by atoms with Gasteiger partial charge in [-0.15, -0.1) is 0 Å². The van der Waals surface area contributed by atoms with Gasteiger partial charge in [-0.25, -0.2) is 9.78 Å². The highest BCUT2D eigenvalue weighted by atomic mass is 79.9. The van der Waals surface area contributed by atoms with Gasteiger partial charge in [0.05, 0.1) is 29.3 Å². The predicted molar refractivity (Wildman–Crippen MR) is 121 cm³/mol. The van der Waals surface area contributed by atoms with E-state index in [-0.39, 0.29) is 17.2 Å². The van der Waals surface area contributed by atoms with Gasteiger partial charge in [-0.1, -0.05) is 40.7 Å². The number of fused-ring (bicyclic) bond motifs is 1. The van der Waals surface area contributed by atoms with Gasteiger partial charge >= 0.3 is 5.97 Å². The Balaban J connectivity index is 1.79. The molecule has 3 aromatic rings. The monoisotopic (exact) mass is 489 g/mol. The summed E-state index contributed by atoms with van der Waals surface area (Å²) < 4.78 is 7.10. The van der Waals surface area contributed by atoms with E-state index in [1.165, 1.54) is 18.9 Å². The van der Waals surface area contributed by atoms with Crippen molar-refractivity contribution in [3.8, 4) is 0 Å². The number of benzene rings is 2. The first kappa shape index (κ1) is 22.0. The van der Waals surface area contributed by atoms with Crippen LogP contribution in [0.15, 0.2) is 56.9 Å². The second-order valence-corrected chi connectivity index (χ2v) is 8.28. The normalized spacial score (nSPS) is 10.8. The lowest BCUT2D eigenvalue weighted by Gasteiger charge is -2.12. The molecule has 1 aromatic heterocycles. The molecule has 0 spiro atoms. The number of anilines is 1. The van der Waals surface area contributed by atoms with Crippen LogP contribution in [0.25, 0.3) is 10.9 Å². The molecule has 1 amide bonds. The zero-order chi connectivity index (χ0) is 21.7. The van der Waals surface area contributed by atoms with Crippen molar-refractivity contribution in [1.82, 2.24) is 9.55 Å². The summed E-state index contributed by atoms with van der Waals surface area (Å²) in [6, 6.07) is 11.9. The molecule has 0 aliphatic heterocycles. The van der Waals surface area contributed by atoms with Crippen LogP contribution in [0.3, 0.4) is 0 Å². The van der Waals surface area contributed by atoms with Gasteiger partial charge < -0.3 is 10.1 Å². The Morgan fingerprint density at radius 3 is 2.77 bits per heavy atom. The van der Waals surface area contributed by atoms with Crippen LogP contribution >= 0.6 is 27.7 Å². The zero-order valence-corrected chi connectivity index (χ0v) is 18.9. The lowest BCUT2D eigenvalue weighted by atomic mass is 10.2. The summed E-state index contributed by atoms with van der Waals surface area (Å²) in [6.07, 6.45) is 0.765. The third kappa shape index (κ3) is 5.09. The molecule has 1 heterocycles. The van der Waals surface area contributed by atoms with E-state index in [2.05, 4.69) is 26.2 Å². The van der Waals surface area contributed by atoms with E-state index in [1.807, 2.05) is 13.0 Å². The summed E-state index contributed by atoms with van der Waals surface area (Å²) in [5.74, 6) is -0.674. The maximum Gasteiger partial charge on any atom is 0.337 e. The second-order valence-electron chi connectivity index (χ2n) is 6.42. The fourth-order valence-corrected chi connectivity index (χ4v) is 4.06. The highest BCUT2D eigenvalue weighted by Crippen LogP contribution is 2.21. The Labute approximate surface area is 186 Å². The zero-order valence-electron chi connectivity index (χ0n) is 16.5. The van der Waals surface area contributed by atoms with Crippen molar-refractivity contribution >= 4 is 56.2 Å². The molecule has 0 aliphatic carbocycles. The average molecular weight is 490 g/mol. The number of hydrogen-bond donors (Lipinski definition) is 1. The van der Waals surface area contributed by atoms with Gasteiger partial charge in [0.25, 0.3) is 5.56 Å². The molecule has 0 fully saturated rings. The first-order chi connectivity index (χ1) is 14.4. The van der Waals surface area contributed by atoms with Crippen molar-refractivity contribution in [2.24, 2.45) is 0 Å². The van der Waals surface area contributed by atoms with E-state index in [4.69, 9.17) is 4.74 Å². The van der Waals surface area contributed by atoms with E-state index in [1.54, 1.807) is 41.0 Å². The second kappa shape index (κ2) is 9.90. The number of nitrogens with zero attached hydrogens (tertiary/aromatic N) is 2. The van der Waals surface area contributed by atoms with E-state index in [0.29, 0.717) is 33.9 Å². The van der Waals surface area contributed by atoms with Crippen molar-refractivity contribution in [2.45, 2.75) is 25.0 Å². The molecular weight excluding hydrogens is 470 g/mol. The average Bonchev–Trinajstić information content (AvgIpc) is 2.74. The number of esters is 1. The molecule has 156 valence electrons. The number of aromatic nitrogens is 2. The number of nitrogens with one attached hydrogen (secondary N) is 1. The summed E-state index contributed by atoms with van der Waals surface area (Å²) >= 11 is 4.58. The Hall–Kier alpha value is -2.65. The van der Waals surface area contributed by atoms with Gasteiger partial charge in [-0.2, -0.15) is 0 Å². The summed E-state index contributed by atoms with van der Waals surface area (Å²) in [4.78, 5) is 41.6. The topological polar surface area (TPSA) is 90.3 Å². The van der Waals surface area contributed by atoms with E-state index in [9.17, 15) is 14.4 Å². The van der Waals surface area contributed by atoms with Gasteiger partial charge in [0.2, 0.25) is 5.91 Å². The fraction of sp³-hybridized carbons (Fsp3) is 0.238. The van der Waals surface area contributed by atoms with Crippen molar-refractivity contribution in [3.05, 3.63) is 62.9 Å². The summed E-state index contributed by atoms with van der Waals surface area (Å²) in [7, 11) is 1.30. The molecule has 1 N–H and O–H groups in total. The molecular formula is C21H20BrN3O4S. The van der Waals surface area contributed by atoms with Crippen molar-refractivity contribution in [1.29, 1.82) is 0 Å². The van der Waals surface area contributed by atoms with Crippen LogP contribution in [0, 0.1) is 0 Å². The maximum atomic E-state index is 12.9. The minimum Gasteiger partial charge on any atom is -0.465 e. The van der Waals surface area contributed by atoms with Crippen LogP contribution < -0.4 is 10.9 Å². The Morgan fingerprint density at radius 2 is 2.03 bits per heavy atom. The van der Waals surface area contributed by atoms with Crippen LogP contribution in [0.1, 0.15) is 23.7 Å². The Bertz CT molecular complexity index is 1160. The minimum atomic E-state index is -0.476. The number of carbonyl (C=O) groups is 2. The molecule has 7 nitrogen and oxygen atoms in total. The van der Waals surface area contributed by atoms with Gasteiger partial charge in [-0.05, 0) is 42.8 Å². The quantitative estimate of drug-likeness (QED) is 0.305. The third-order valence-corrected chi connectivity index (χ3v) is 5.70. The smallest absolute Gasteiger partial charge is 0.337 e. The highest BCUT2D eigenvalue weighted by molar-refractivity contribution is 9.10. The van der Waals surface area contributed by atoms with Crippen LogP contribution in [0.5, 0.6) is 0 Å². The first-order valence-corrected chi connectivity index (χ1v) is 11.0. The number of amides is 1. The number of hydrogen-bond acceptors (Lipinski definition) is 6. The number of carbonyl (C=O) groups excluding carboxylic acids is 2. The lowest BCUT2D eigenvalue weighted by molar-refractivity contribution is -0.113. The molecule has 2 aromatic carbocycles. The SMILES string of the molecule is CCCn1c(SCC(=O)Nc2cccc(C(=O)OC)c2)nc2ccc(Br)cc2c1=O. The molecule has 0 aliphatic rings. The highest BCUT2D eigenvalue weighted by Gasteiger charge is 2.14. The molecule has 0 radical (unpaired) electrons. The number of halogens is 1. The van der Waals surface area contributed by atoms with Gasteiger partial charge in [-0.3, -0.25) is 14.2 Å². The van der Waals surface area contributed by atoms with Gasteiger partial charge in [0.1, 0.15) is 0 Å². The van der Waals surface area contributed by atoms with Crippen LogP contribution in [0.2, 0.25) is 0 Å². The maximum absolute atomic E-state index is 12.9. The Morgan fingerprint density at radius 1 is 1.23 bits per heavy atom. The molecule has 0 saturated heterocycles. The van der Waals surface area contributed by atoms with Crippen molar-refractivity contribution in [3.63, 3.8) is 0 Å². The number of rotatable bonds is 7. The fourth-order valence-electron chi connectivity index (χ4n) is 2.87. The summed E-state index contributed by atoms with van der Waals surface area (Å²) in [5, 5.41) is 3.78. The van der Waals surface area contributed by atoms with Crippen LogP contribution in [-0.2, 0) is 16.1 Å². The Kier molecular flexibility index (Phi) is 7.28. The van der Waals surface area contributed by atoms with Crippen molar-refractivity contribution in [2.75, 3.05) is 18.2 Å². The number of methoxy groups -OCH3 is 1. The van der Waals surface area contributed by atoms with E-state index >= 15 is 0 Å². The van der Waals surface area contributed by atoms with Gasteiger partial charge in [0.15, 0.2) is 5.16 Å². The minimum absolute atomic E-state index is 0.0701. The van der Waals surface area contributed by atoms with E-state index in [0.717, 1.165) is 10.9 Å². The summed E-state index contributed by atoms with van der Waals surface area (Å²) in [5.41, 5.74) is 1.30.